The minimum atomic E-state index is 1.06. The van der Waals surface area contributed by atoms with Gasteiger partial charge < -0.3 is 0 Å². The van der Waals surface area contributed by atoms with Gasteiger partial charge in [0.15, 0.2) is 0 Å². The highest BCUT2D eigenvalue weighted by Gasteiger charge is 2.17. The first kappa shape index (κ1) is 21.8. The molecule has 0 radical (unpaired) electrons. The molecule has 36 heavy (non-hydrogen) atoms. The van der Waals surface area contributed by atoms with Crippen LogP contribution in [0.15, 0.2) is 147 Å². The Labute approximate surface area is 212 Å². The molecule has 0 atom stereocenters. The van der Waals surface area contributed by atoms with E-state index in [4.69, 9.17) is 0 Å². The van der Waals surface area contributed by atoms with Crippen molar-refractivity contribution in [2.45, 2.75) is 0 Å². The van der Waals surface area contributed by atoms with Crippen molar-refractivity contribution in [3.05, 3.63) is 152 Å². The summed E-state index contributed by atoms with van der Waals surface area (Å²) in [6, 6.07) is 41.7. The van der Waals surface area contributed by atoms with Crippen molar-refractivity contribution in [2.24, 2.45) is 0 Å². The van der Waals surface area contributed by atoms with Crippen LogP contribution >= 0.6 is 0 Å². The lowest BCUT2D eigenvalue weighted by molar-refractivity contribution is 1.61. The Morgan fingerprint density at radius 3 is 1.64 bits per heavy atom. The van der Waals surface area contributed by atoms with Gasteiger partial charge in [-0.05, 0) is 77.8 Å². The van der Waals surface area contributed by atoms with Crippen LogP contribution in [0.4, 0.5) is 0 Å². The molecule has 0 aliphatic heterocycles. The van der Waals surface area contributed by atoms with Gasteiger partial charge in [0.25, 0.3) is 0 Å². The molecular weight excluding hydrogens is 432 g/mol. The third-order valence-electron chi connectivity index (χ3n) is 6.97. The molecule has 0 saturated carbocycles. The van der Waals surface area contributed by atoms with Gasteiger partial charge in [0.2, 0.25) is 0 Å². The van der Waals surface area contributed by atoms with Crippen molar-refractivity contribution in [3.8, 4) is 22.3 Å². The third kappa shape index (κ3) is 3.65. The summed E-state index contributed by atoms with van der Waals surface area (Å²) in [4.78, 5) is 0. The minimum absolute atomic E-state index is 1.06. The normalized spacial score (nSPS) is 11.7. The molecule has 0 amide bonds. The average Bonchev–Trinajstić information content (AvgIpc) is 2.94. The molecule has 0 heterocycles. The maximum absolute atomic E-state index is 4.01. The van der Waals surface area contributed by atoms with E-state index >= 15 is 0 Å². The van der Waals surface area contributed by atoms with E-state index in [1.807, 2.05) is 18.2 Å². The zero-order chi connectivity index (χ0) is 24.5. The molecule has 6 rings (SSSR count). The van der Waals surface area contributed by atoms with Crippen molar-refractivity contribution in [2.75, 3.05) is 0 Å². The maximum atomic E-state index is 4.01. The van der Waals surface area contributed by atoms with Crippen LogP contribution in [0.25, 0.3) is 60.1 Å². The molecule has 0 aromatic heterocycles. The van der Waals surface area contributed by atoms with Crippen LogP contribution in [0.3, 0.4) is 0 Å². The minimum Gasteiger partial charge on any atom is -0.0990 e. The summed E-state index contributed by atoms with van der Waals surface area (Å²) in [5.41, 5.74) is 7.17. The molecule has 170 valence electrons. The van der Waals surface area contributed by atoms with Gasteiger partial charge in [0.05, 0.1) is 0 Å². The molecule has 0 spiro atoms. The summed E-state index contributed by atoms with van der Waals surface area (Å²) < 4.78 is 0. The Bertz CT molecular complexity index is 1760. The molecule has 0 aliphatic carbocycles. The van der Waals surface area contributed by atoms with Crippen LogP contribution in [0.5, 0.6) is 0 Å². The van der Waals surface area contributed by atoms with Crippen LogP contribution in [-0.4, -0.2) is 0 Å². The predicted octanol–water partition coefficient (Wildman–Crippen LogP) is 10.2. The molecule has 6 aromatic carbocycles. The van der Waals surface area contributed by atoms with Crippen LogP contribution in [0.1, 0.15) is 5.56 Å². The second kappa shape index (κ2) is 9.17. The highest BCUT2D eigenvalue weighted by Crippen LogP contribution is 2.44. The van der Waals surface area contributed by atoms with Gasteiger partial charge in [-0.3, -0.25) is 0 Å². The number of hydrogen-bond acceptors (Lipinski definition) is 0. The molecule has 0 N–H and O–H groups in total. The average molecular weight is 459 g/mol. The predicted molar refractivity (Wildman–Crippen MR) is 158 cm³/mol. The summed E-state index contributed by atoms with van der Waals surface area (Å²) in [5.74, 6) is 0. The van der Waals surface area contributed by atoms with Crippen LogP contribution in [0.2, 0.25) is 0 Å². The largest absolute Gasteiger partial charge is 0.0990 e. The molecule has 6 aromatic rings. The zero-order valence-electron chi connectivity index (χ0n) is 20.1. The van der Waals surface area contributed by atoms with Crippen LogP contribution in [0, 0.1) is 0 Å². The number of rotatable bonds is 5. The monoisotopic (exact) mass is 458 g/mol. The van der Waals surface area contributed by atoms with E-state index in [1.165, 1.54) is 54.6 Å². The molecule has 0 bridgehead atoms. The molecular formula is C36H26. The second-order valence-electron chi connectivity index (χ2n) is 9.05. The first-order valence-corrected chi connectivity index (χ1v) is 12.3. The highest BCUT2D eigenvalue weighted by molar-refractivity contribution is 6.21. The van der Waals surface area contributed by atoms with Gasteiger partial charge in [-0.1, -0.05) is 135 Å². The second-order valence-corrected chi connectivity index (χ2v) is 9.05. The molecule has 0 heteroatoms. The zero-order valence-corrected chi connectivity index (χ0v) is 20.1. The number of benzene rings is 6. The Morgan fingerprint density at radius 1 is 0.500 bits per heavy atom. The molecule has 0 nitrogen and oxygen atoms in total. The van der Waals surface area contributed by atoms with E-state index in [-0.39, 0.29) is 0 Å². The Morgan fingerprint density at radius 2 is 1.06 bits per heavy atom. The van der Waals surface area contributed by atoms with E-state index in [1.54, 1.807) is 0 Å². The number of hydrogen-bond donors (Lipinski definition) is 0. The Balaban J connectivity index is 1.70. The third-order valence-corrected chi connectivity index (χ3v) is 6.97. The number of fused-ring (bicyclic) bond motifs is 3. The van der Waals surface area contributed by atoms with Gasteiger partial charge in [-0.25, -0.2) is 0 Å². The van der Waals surface area contributed by atoms with Crippen molar-refractivity contribution in [1.82, 2.24) is 0 Å². The van der Waals surface area contributed by atoms with Crippen molar-refractivity contribution >= 4 is 37.9 Å². The van der Waals surface area contributed by atoms with Gasteiger partial charge in [-0.15, -0.1) is 0 Å². The fourth-order valence-electron chi connectivity index (χ4n) is 5.36. The summed E-state index contributed by atoms with van der Waals surface area (Å²) in [7, 11) is 0. The van der Waals surface area contributed by atoms with E-state index < -0.39 is 0 Å². The molecule has 0 saturated heterocycles. The molecule has 0 aliphatic rings. The maximum Gasteiger partial charge on any atom is -0.00262 e. The molecule has 0 unspecified atom stereocenters. The van der Waals surface area contributed by atoms with Crippen LogP contribution < -0.4 is 0 Å². The van der Waals surface area contributed by atoms with Gasteiger partial charge in [-0.2, -0.15) is 0 Å². The molecule has 0 fully saturated rings. The summed E-state index contributed by atoms with van der Waals surface area (Å²) in [6.45, 7) is 7.88. The van der Waals surface area contributed by atoms with E-state index in [9.17, 15) is 0 Å². The van der Waals surface area contributed by atoms with Crippen molar-refractivity contribution in [3.63, 3.8) is 0 Å². The SMILES string of the molecule is C=C/C=C(\C=C)c1cccc(-c2c3ccccc3c(-c3ccc4ccccc4c3)c3ccccc23)c1. The Kier molecular flexibility index (Phi) is 5.56. The summed E-state index contributed by atoms with van der Waals surface area (Å²) in [5, 5.41) is 7.54. The fraction of sp³-hybridized carbons (Fsp3) is 0. The first-order chi connectivity index (χ1) is 17.8. The van der Waals surface area contributed by atoms with E-state index in [0.717, 1.165) is 11.1 Å². The topological polar surface area (TPSA) is 0 Å². The van der Waals surface area contributed by atoms with Gasteiger partial charge in [0, 0.05) is 0 Å². The smallest absolute Gasteiger partial charge is 0.00262 e. The lowest BCUT2D eigenvalue weighted by Crippen LogP contribution is -1.91. The van der Waals surface area contributed by atoms with E-state index in [0.29, 0.717) is 0 Å². The fourth-order valence-corrected chi connectivity index (χ4v) is 5.36. The summed E-state index contributed by atoms with van der Waals surface area (Å²) >= 11 is 0. The van der Waals surface area contributed by atoms with Gasteiger partial charge in [0.1, 0.15) is 0 Å². The lowest BCUT2D eigenvalue weighted by Gasteiger charge is -2.18. The van der Waals surface area contributed by atoms with Crippen molar-refractivity contribution in [1.29, 1.82) is 0 Å². The first-order valence-electron chi connectivity index (χ1n) is 12.3. The van der Waals surface area contributed by atoms with E-state index in [2.05, 4.69) is 128 Å². The Hall–Kier alpha value is -4.68. The lowest BCUT2D eigenvalue weighted by atomic mass is 9.85. The quantitative estimate of drug-likeness (QED) is 0.178. The van der Waals surface area contributed by atoms with Crippen LogP contribution in [-0.2, 0) is 0 Å². The van der Waals surface area contributed by atoms with Crippen molar-refractivity contribution < 1.29 is 0 Å². The highest BCUT2D eigenvalue weighted by atomic mass is 14.2. The van der Waals surface area contributed by atoms with Gasteiger partial charge >= 0.3 is 0 Å². The standard InChI is InChI=1S/C36H26/c1-3-12-25(4-2)27-15-11-16-29(23-27)35-31-17-7-9-19-33(31)36(34-20-10-8-18-32(34)35)30-22-21-26-13-5-6-14-28(26)24-30/h3-24H,1-2H2/b25-12+. The summed E-state index contributed by atoms with van der Waals surface area (Å²) in [6.07, 6.45) is 5.71. The number of allylic oxidation sites excluding steroid dienone is 4.